The number of rotatable bonds is 6. The zero-order valence-electron chi connectivity index (χ0n) is 13.8. The highest BCUT2D eigenvalue weighted by Gasteiger charge is 2.23. The van der Waals surface area contributed by atoms with E-state index in [1.54, 1.807) is 23.6 Å². The number of aliphatic carboxylic acids is 1. The van der Waals surface area contributed by atoms with E-state index in [4.69, 9.17) is 23.2 Å². The van der Waals surface area contributed by atoms with Gasteiger partial charge in [-0.15, -0.1) is 11.3 Å². The molecule has 0 aliphatic heterocycles. The third-order valence-electron chi connectivity index (χ3n) is 3.54. The third kappa shape index (κ3) is 4.28. The maximum atomic E-state index is 11.6. The SMILES string of the molecule is O=C(O)/C(=N/Nc1nc(-c2ccc(Cl)c(Cl)c2)cs1)c1ccccc1[N+](=O)[O-]. The molecule has 0 saturated heterocycles. The van der Waals surface area contributed by atoms with Gasteiger partial charge in [-0.1, -0.05) is 41.4 Å². The van der Waals surface area contributed by atoms with E-state index in [-0.39, 0.29) is 11.3 Å². The number of anilines is 1. The summed E-state index contributed by atoms with van der Waals surface area (Å²) >= 11 is 13.1. The van der Waals surface area contributed by atoms with Crippen molar-refractivity contribution in [1.82, 2.24) is 4.98 Å². The van der Waals surface area contributed by atoms with Crippen LogP contribution in [0.4, 0.5) is 10.8 Å². The van der Waals surface area contributed by atoms with E-state index in [1.807, 2.05) is 0 Å². The summed E-state index contributed by atoms with van der Waals surface area (Å²) in [6.45, 7) is 0. The molecule has 0 saturated carbocycles. The minimum absolute atomic E-state index is 0.117. The number of thiazole rings is 1. The number of nitro groups is 1. The maximum Gasteiger partial charge on any atom is 0.357 e. The monoisotopic (exact) mass is 436 g/mol. The Kier molecular flexibility index (Phi) is 5.88. The van der Waals surface area contributed by atoms with Crippen LogP contribution in [-0.2, 0) is 4.79 Å². The maximum absolute atomic E-state index is 11.6. The van der Waals surface area contributed by atoms with Gasteiger partial charge in [0.25, 0.3) is 5.69 Å². The van der Waals surface area contributed by atoms with E-state index >= 15 is 0 Å². The fraction of sp³-hybridized carbons (Fsp3) is 0. The van der Waals surface area contributed by atoms with Gasteiger partial charge in [0, 0.05) is 17.0 Å². The Hall–Kier alpha value is -3.01. The Morgan fingerprint density at radius 2 is 1.96 bits per heavy atom. The van der Waals surface area contributed by atoms with Crippen LogP contribution in [0.1, 0.15) is 5.56 Å². The lowest BCUT2D eigenvalue weighted by Gasteiger charge is -2.03. The average molecular weight is 437 g/mol. The highest BCUT2D eigenvalue weighted by atomic mass is 35.5. The Labute approximate surface area is 172 Å². The largest absolute Gasteiger partial charge is 0.476 e. The molecule has 0 bridgehead atoms. The molecule has 0 atom stereocenters. The molecule has 3 aromatic rings. The first-order valence-corrected chi connectivity index (χ1v) is 9.22. The van der Waals surface area contributed by atoms with Crippen molar-refractivity contribution in [2.45, 2.75) is 0 Å². The lowest BCUT2D eigenvalue weighted by molar-refractivity contribution is -0.385. The number of carboxylic acids is 1. The molecule has 1 heterocycles. The number of hydrazone groups is 1. The molecule has 0 aliphatic rings. The van der Waals surface area contributed by atoms with Crippen LogP contribution in [0.3, 0.4) is 0 Å². The van der Waals surface area contributed by atoms with Gasteiger partial charge in [-0.3, -0.25) is 15.5 Å². The van der Waals surface area contributed by atoms with Gasteiger partial charge in [-0.25, -0.2) is 9.78 Å². The Bertz CT molecular complexity index is 1100. The van der Waals surface area contributed by atoms with Gasteiger partial charge < -0.3 is 5.11 Å². The predicted molar refractivity (Wildman–Crippen MR) is 108 cm³/mol. The molecule has 8 nitrogen and oxygen atoms in total. The average Bonchev–Trinajstić information content (AvgIpc) is 3.13. The molecule has 0 spiro atoms. The van der Waals surface area contributed by atoms with Gasteiger partial charge in [0.05, 0.1) is 26.2 Å². The second-order valence-electron chi connectivity index (χ2n) is 5.32. The fourth-order valence-corrected chi connectivity index (χ4v) is 3.23. The summed E-state index contributed by atoms with van der Waals surface area (Å²) in [6.07, 6.45) is 0. The van der Waals surface area contributed by atoms with Crippen molar-refractivity contribution >= 4 is 57.0 Å². The molecule has 0 amide bonds. The van der Waals surface area contributed by atoms with Crippen LogP contribution in [0.25, 0.3) is 11.3 Å². The number of halogens is 2. The summed E-state index contributed by atoms with van der Waals surface area (Å²) in [5.41, 5.74) is 2.87. The number of carboxylic acid groups (broad SMARTS) is 1. The second-order valence-corrected chi connectivity index (χ2v) is 6.99. The molecule has 0 aliphatic carbocycles. The van der Waals surface area contributed by atoms with Crippen molar-refractivity contribution in [3.05, 3.63) is 73.6 Å². The van der Waals surface area contributed by atoms with Gasteiger partial charge in [0.15, 0.2) is 5.71 Å². The summed E-state index contributed by atoms with van der Waals surface area (Å²) < 4.78 is 0. The van der Waals surface area contributed by atoms with Gasteiger partial charge in [0.2, 0.25) is 5.13 Å². The first kappa shape index (κ1) is 19.7. The standard InChI is InChI=1S/C17H10Cl2N4O4S/c18-11-6-5-9(7-12(11)19)13-8-28-17(20-13)22-21-15(16(24)25)10-3-1-2-4-14(10)23(26)27/h1-8H,(H,20,22)(H,24,25)/b21-15+. The van der Waals surface area contributed by atoms with Crippen LogP contribution in [0.2, 0.25) is 10.0 Å². The second kappa shape index (κ2) is 8.34. The van der Waals surface area contributed by atoms with Crippen LogP contribution >= 0.6 is 34.5 Å². The number of nitrogens with zero attached hydrogens (tertiary/aromatic N) is 3. The van der Waals surface area contributed by atoms with E-state index in [0.29, 0.717) is 20.9 Å². The molecule has 0 unspecified atom stereocenters. The quantitative estimate of drug-likeness (QED) is 0.321. The normalized spacial score (nSPS) is 11.3. The molecular weight excluding hydrogens is 427 g/mol. The first-order valence-electron chi connectivity index (χ1n) is 7.58. The van der Waals surface area contributed by atoms with Gasteiger partial charge in [-0.2, -0.15) is 5.10 Å². The van der Waals surface area contributed by atoms with Crippen LogP contribution in [0.5, 0.6) is 0 Å². The van der Waals surface area contributed by atoms with E-state index in [2.05, 4.69) is 15.5 Å². The number of aromatic nitrogens is 1. The molecular formula is C17H10Cl2N4O4S. The molecule has 142 valence electrons. The Morgan fingerprint density at radius 3 is 2.64 bits per heavy atom. The number of hydrogen-bond donors (Lipinski definition) is 2. The van der Waals surface area contributed by atoms with Crippen LogP contribution in [0, 0.1) is 10.1 Å². The molecule has 0 radical (unpaired) electrons. The summed E-state index contributed by atoms with van der Waals surface area (Å²) in [5.74, 6) is -1.41. The van der Waals surface area contributed by atoms with Crippen molar-refractivity contribution in [2.24, 2.45) is 5.10 Å². The van der Waals surface area contributed by atoms with Crippen molar-refractivity contribution in [1.29, 1.82) is 0 Å². The Balaban J connectivity index is 1.89. The Morgan fingerprint density at radius 1 is 1.21 bits per heavy atom. The molecule has 3 rings (SSSR count). The van der Waals surface area contributed by atoms with E-state index in [0.717, 1.165) is 5.56 Å². The van der Waals surface area contributed by atoms with Crippen LogP contribution in [-0.4, -0.2) is 26.7 Å². The van der Waals surface area contributed by atoms with E-state index in [9.17, 15) is 20.0 Å². The third-order valence-corrected chi connectivity index (χ3v) is 5.03. The number of nitrogens with one attached hydrogen (secondary N) is 1. The lowest BCUT2D eigenvalue weighted by Crippen LogP contribution is -2.17. The van der Waals surface area contributed by atoms with Gasteiger partial charge >= 0.3 is 5.97 Å². The summed E-state index contributed by atoms with van der Waals surface area (Å²) in [5, 5.41) is 27.2. The number of benzene rings is 2. The molecule has 2 aromatic carbocycles. The number of carbonyl (C=O) groups is 1. The van der Waals surface area contributed by atoms with E-state index in [1.165, 1.54) is 35.6 Å². The summed E-state index contributed by atoms with van der Waals surface area (Å²) in [7, 11) is 0. The number of para-hydroxylation sites is 1. The lowest BCUT2D eigenvalue weighted by atomic mass is 10.1. The van der Waals surface area contributed by atoms with Gasteiger partial charge in [-0.05, 0) is 18.2 Å². The van der Waals surface area contributed by atoms with Gasteiger partial charge in [0.1, 0.15) is 0 Å². The minimum atomic E-state index is -1.41. The summed E-state index contributed by atoms with van der Waals surface area (Å²) in [4.78, 5) is 26.3. The zero-order chi connectivity index (χ0) is 20.3. The topological polar surface area (TPSA) is 118 Å². The van der Waals surface area contributed by atoms with Crippen LogP contribution < -0.4 is 5.43 Å². The molecule has 1 aromatic heterocycles. The summed E-state index contributed by atoms with van der Waals surface area (Å²) in [6, 6.07) is 10.5. The minimum Gasteiger partial charge on any atom is -0.476 e. The smallest absolute Gasteiger partial charge is 0.357 e. The zero-order valence-corrected chi connectivity index (χ0v) is 16.1. The number of nitro benzene ring substituents is 1. The fourth-order valence-electron chi connectivity index (χ4n) is 2.27. The highest BCUT2D eigenvalue weighted by Crippen LogP contribution is 2.30. The molecule has 11 heteroatoms. The van der Waals surface area contributed by atoms with E-state index < -0.39 is 16.6 Å². The molecule has 2 N–H and O–H groups in total. The molecule has 28 heavy (non-hydrogen) atoms. The molecule has 0 fully saturated rings. The van der Waals surface area contributed by atoms with Crippen molar-refractivity contribution in [2.75, 3.05) is 5.43 Å². The van der Waals surface area contributed by atoms with Crippen molar-refractivity contribution < 1.29 is 14.8 Å². The predicted octanol–water partition coefficient (Wildman–Crippen LogP) is 4.93. The van der Waals surface area contributed by atoms with Crippen molar-refractivity contribution in [3.8, 4) is 11.3 Å². The van der Waals surface area contributed by atoms with Crippen molar-refractivity contribution in [3.63, 3.8) is 0 Å². The highest BCUT2D eigenvalue weighted by molar-refractivity contribution is 7.14. The number of hydrogen-bond acceptors (Lipinski definition) is 7. The first-order chi connectivity index (χ1) is 13.4. The van der Waals surface area contributed by atoms with Crippen LogP contribution in [0.15, 0.2) is 52.9 Å².